The molecule has 1 saturated heterocycles. The Balaban J connectivity index is 1.91. The highest BCUT2D eigenvalue weighted by atomic mass is 16.5. The molecule has 0 aliphatic carbocycles. The van der Waals surface area contributed by atoms with E-state index in [-0.39, 0.29) is 17.4 Å². The number of rotatable bonds is 6. The van der Waals surface area contributed by atoms with E-state index in [4.69, 9.17) is 13.9 Å². The van der Waals surface area contributed by atoms with E-state index in [0.29, 0.717) is 30.2 Å². The minimum atomic E-state index is -0.468. The van der Waals surface area contributed by atoms with Crippen molar-refractivity contribution in [1.29, 1.82) is 0 Å². The molecular formula is C22H26N2O5. The summed E-state index contributed by atoms with van der Waals surface area (Å²) < 4.78 is 15.8. The molecule has 3 rings (SSSR count). The summed E-state index contributed by atoms with van der Waals surface area (Å²) in [5, 5.41) is 2.72. The third-order valence-corrected chi connectivity index (χ3v) is 4.84. The summed E-state index contributed by atoms with van der Waals surface area (Å²) in [6.07, 6.45) is 7.21. The molecule has 0 spiro atoms. The zero-order valence-electron chi connectivity index (χ0n) is 16.8. The molecule has 1 N–H and O–H groups in total. The second-order valence-corrected chi connectivity index (χ2v) is 6.81. The van der Waals surface area contributed by atoms with Crippen molar-refractivity contribution < 1.29 is 23.5 Å². The van der Waals surface area contributed by atoms with Gasteiger partial charge in [-0.25, -0.2) is 0 Å². The summed E-state index contributed by atoms with van der Waals surface area (Å²) in [6.45, 7) is 1.36. The molecule has 0 saturated carbocycles. The average Bonchev–Trinajstić information content (AvgIpc) is 3.15. The largest absolute Gasteiger partial charge is 0.493 e. The fraction of sp³-hybridized carbons (Fsp3) is 0.364. The van der Waals surface area contributed by atoms with Gasteiger partial charge in [-0.15, -0.1) is 0 Å². The molecule has 154 valence electrons. The maximum absolute atomic E-state index is 13.2. The van der Waals surface area contributed by atoms with Gasteiger partial charge < -0.3 is 24.1 Å². The van der Waals surface area contributed by atoms with Crippen LogP contribution in [0.3, 0.4) is 0 Å². The van der Waals surface area contributed by atoms with Gasteiger partial charge in [0.2, 0.25) is 0 Å². The van der Waals surface area contributed by atoms with E-state index in [2.05, 4.69) is 5.32 Å². The highest BCUT2D eigenvalue weighted by Crippen LogP contribution is 2.28. The van der Waals surface area contributed by atoms with Gasteiger partial charge >= 0.3 is 0 Å². The number of nitrogens with zero attached hydrogens (tertiary/aromatic N) is 1. The van der Waals surface area contributed by atoms with Crippen molar-refractivity contribution in [3.63, 3.8) is 0 Å². The van der Waals surface area contributed by atoms with Gasteiger partial charge in [0, 0.05) is 13.1 Å². The second kappa shape index (κ2) is 9.82. The lowest BCUT2D eigenvalue weighted by atomic mass is 10.1. The number of hydrogen-bond donors (Lipinski definition) is 1. The predicted octanol–water partition coefficient (Wildman–Crippen LogP) is 3.47. The van der Waals surface area contributed by atoms with E-state index in [0.717, 1.165) is 25.7 Å². The van der Waals surface area contributed by atoms with E-state index < -0.39 is 5.91 Å². The topological polar surface area (TPSA) is 81.0 Å². The Labute approximate surface area is 170 Å². The van der Waals surface area contributed by atoms with E-state index in [1.165, 1.54) is 6.26 Å². The van der Waals surface area contributed by atoms with Crippen LogP contribution >= 0.6 is 0 Å². The lowest BCUT2D eigenvalue weighted by Crippen LogP contribution is -2.38. The minimum absolute atomic E-state index is 0.145. The highest BCUT2D eigenvalue weighted by Gasteiger charge is 2.22. The molecule has 7 nitrogen and oxygen atoms in total. The first-order chi connectivity index (χ1) is 14.1. The number of furan rings is 1. The SMILES string of the molecule is COc1ccc(/C=C(/NC(=O)c2ccco2)C(=O)N2CCCCCC2)cc1OC. The van der Waals surface area contributed by atoms with Crippen molar-refractivity contribution >= 4 is 17.9 Å². The van der Waals surface area contributed by atoms with Crippen LogP contribution in [0.4, 0.5) is 0 Å². The Morgan fingerprint density at radius 3 is 2.38 bits per heavy atom. The van der Waals surface area contributed by atoms with Gasteiger partial charge in [0.25, 0.3) is 11.8 Å². The molecule has 7 heteroatoms. The first-order valence-electron chi connectivity index (χ1n) is 9.70. The predicted molar refractivity (Wildman–Crippen MR) is 109 cm³/mol. The summed E-state index contributed by atoms with van der Waals surface area (Å²) in [5.74, 6) is 0.600. The van der Waals surface area contributed by atoms with Crippen LogP contribution in [-0.4, -0.2) is 44.0 Å². The van der Waals surface area contributed by atoms with Crippen molar-refractivity contribution in [2.45, 2.75) is 25.7 Å². The van der Waals surface area contributed by atoms with Crippen LogP contribution in [0.5, 0.6) is 11.5 Å². The Bertz CT molecular complexity index is 865. The molecule has 1 aromatic carbocycles. The Morgan fingerprint density at radius 2 is 1.76 bits per heavy atom. The number of hydrogen-bond acceptors (Lipinski definition) is 5. The molecule has 2 aromatic rings. The maximum atomic E-state index is 13.2. The number of carbonyl (C=O) groups excluding carboxylic acids is 2. The van der Waals surface area contributed by atoms with E-state index in [9.17, 15) is 9.59 Å². The van der Waals surface area contributed by atoms with Gasteiger partial charge in [0.05, 0.1) is 20.5 Å². The van der Waals surface area contributed by atoms with Crippen molar-refractivity contribution in [3.05, 3.63) is 53.6 Å². The molecular weight excluding hydrogens is 372 g/mol. The fourth-order valence-electron chi connectivity index (χ4n) is 3.30. The summed E-state index contributed by atoms with van der Waals surface area (Å²) >= 11 is 0. The van der Waals surface area contributed by atoms with Crippen molar-refractivity contribution in [2.75, 3.05) is 27.3 Å². The van der Waals surface area contributed by atoms with E-state index in [1.807, 2.05) is 0 Å². The van der Waals surface area contributed by atoms with Gasteiger partial charge in [0.15, 0.2) is 17.3 Å². The number of amides is 2. The van der Waals surface area contributed by atoms with Crippen molar-refractivity contribution in [3.8, 4) is 11.5 Å². The quantitative estimate of drug-likeness (QED) is 0.754. The van der Waals surface area contributed by atoms with Crippen LogP contribution in [0.2, 0.25) is 0 Å². The van der Waals surface area contributed by atoms with Crippen LogP contribution in [0, 0.1) is 0 Å². The maximum Gasteiger partial charge on any atom is 0.291 e. The third kappa shape index (κ3) is 5.19. The molecule has 0 radical (unpaired) electrons. The van der Waals surface area contributed by atoms with Gasteiger partial charge in [-0.2, -0.15) is 0 Å². The third-order valence-electron chi connectivity index (χ3n) is 4.84. The molecule has 0 atom stereocenters. The lowest BCUT2D eigenvalue weighted by molar-refractivity contribution is -0.127. The Kier molecular flexibility index (Phi) is 6.94. The summed E-state index contributed by atoms with van der Waals surface area (Å²) in [4.78, 5) is 27.5. The van der Waals surface area contributed by atoms with Gasteiger partial charge in [-0.05, 0) is 48.7 Å². The number of ether oxygens (including phenoxy) is 2. The normalized spacial score (nSPS) is 14.8. The van der Waals surface area contributed by atoms with E-state index in [1.54, 1.807) is 55.5 Å². The zero-order valence-corrected chi connectivity index (χ0v) is 16.8. The minimum Gasteiger partial charge on any atom is -0.493 e. The standard InChI is InChI=1S/C22H26N2O5/c1-27-18-10-9-16(15-20(18)28-2)14-17(23-21(25)19-8-7-13-29-19)22(26)24-11-5-3-4-6-12-24/h7-10,13-15H,3-6,11-12H2,1-2H3,(H,23,25)/b17-14+. The molecule has 1 aromatic heterocycles. The lowest BCUT2D eigenvalue weighted by Gasteiger charge is -2.22. The van der Waals surface area contributed by atoms with Crippen LogP contribution in [0.15, 0.2) is 46.7 Å². The van der Waals surface area contributed by atoms with Crippen LogP contribution < -0.4 is 14.8 Å². The highest BCUT2D eigenvalue weighted by molar-refractivity contribution is 6.04. The van der Waals surface area contributed by atoms with Crippen LogP contribution in [-0.2, 0) is 4.79 Å². The number of nitrogens with one attached hydrogen (secondary N) is 1. The Morgan fingerprint density at radius 1 is 1.03 bits per heavy atom. The number of likely N-dealkylation sites (tertiary alicyclic amines) is 1. The summed E-state index contributed by atoms with van der Waals surface area (Å²) in [5.41, 5.74) is 0.904. The first-order valence-corrected chi connectivity index (χ1v) is 9.70. The average molecular weight is 398 g/mol. The second-order valence-electron chi connectivity index (χ2n) is 6.81. The fourth-order valence-corrected chi connectivity index (χ4v) is 3.30. The first kappa shape index (κ1) is 20.5. The molecule has 29 heavy (non-hydrogen) atoms. The molecule has 2 heterocycles. The summed E-state index contributed by atoms with van der Waals surface area (Å²) in [7, 11) is 3.11. The zero-order chi connectivity index (χ0) is 20.6. The van der Waals surface area contributed by atoms with E-state index >= 15 is 0 Å². The number of carbonyl (C=O) groups is 2. The molecule has 0 bridgehead atoms. The van der Waals surface area contributed by atoms with Crippen molar-refractivity contribution in [1.82, 2.24) is 10.2 Å². The van der Waals surface area contributed by atoms with Gasteiger partial charge in [0.1, 0.15) is 5.70 Å². The molecule has 2 amide bonds. The molecule has 0 unspecified atom stereocenters. The number of methoxy groups -OCH3 is 2. The van der Waals surface area contributed by atoms with Crippen molar-refractivity contribution in [2.24, 2.45) is 0 Å². The van der Waals surface area contributed by atoms with Crippen LogP contribution in [0.1, 0.15) is 41.8 Å². The van der Waals surface area contributed by atoms with Crippen LogP contribution in [0.25, 0.3) is 6.08 Å². The Hall–Kier alpha value is -3.22. The monoisotopic (exact) mass is 398 g/mol. The summed E-state index contributed by atoms with van der Waals surface area (Å²) in [6, 6.07) is 8.50. The smallest absolute Gasteiger partial charge is 0.291 e. The molecule has 1 aliphatic heterocycles. The number of benzene rings is 1. The molecule has 1 fully saturated rings. The van der Waals surface area contributed by atoms with Gasteiger partial charge in [-0.1, -0.05) is 18.9 Å². The van der Waals surface area contributed by atoms with Gasteiger partial charge in [-0.3, -0.25) is 9.59 Å². The molecule has 1 aliphatic rings.